The zero-order valence-corrected chi connectivity index (χ0v) is 13.4. The van der Waals surface area contributed by atoms with Crippen LogP contribution < -0.4 is 0 Å². The number of aromatic nitrogens is 3. The van der Waals surface area contributed by atoms with Crippen LogP contribution in [0.2, 0.25) is 0 Å². The molecule has 1 heterocycles. The first-order chi connectivity index (χ1) is 10.2. The molecule has 2 aromatic rings. The third kappa shape index (κ3) is 4.00. The molecule has 0 radical (unpaired) electrons. The van der Waals surface area contributed by atoms with Gasteiger partial charge in [0.25, 0.3) is 0 Å². The second-order valence-electron chi connectivity index (χ2n) is 5.00. The Balaban J connectivity index is 2.01. The van der Waals surface area contributed by atoms with Gasteiger partial charge >= 0.3 is 0 Å². The van der Waals surface area contributed by atoms with E-state index in [1.807, 2.05) is 13.1 Å². The van der Waals surface area contributed by atoms with E-state index in [9.17, 15) is 5.11 Å². The molecule has 0 aliphatic rings. The summed E-state index contributed by atoms with van der Waals surface area (Å²) < 4.78 is 4.16. The lowest BCUT2D eigenvalue weighted by atomic mass is 10.1. The highest BCUT2D eigenvalue weighted by Gasteiger charge is 2.10. The second kappa shape index (κ2) is 7.49. The van der Waals surface area contributed by atoms with Gasteiger partial charge in [-0.2, -0.15) is 5.10 Å². The van der Waals surface area contributed by atoms with Crippen LogP contribution in [0.25, 0.3) is 0 Å². The molecule has 1 aromatic heterocycles. The highest BCUT2D eigenvalue weighted by molar-refractivity contribution is 7.71. The fraction of sp³-hybridized carbons (Fsp3) is 0.467. The summed E-state index contributed by atoms with van der Waals surface area (Å²) in [4.78, 5) is 2.29. The lowest BCUT2D eigenvalue weighted by molar-refractivity contribution is 0.215. The van der Waals surface area contributed by atoms with Gasteiger partial charge in [-0.15, -0.1) is 0 Å². The molecule has 0 spiro atoms. The molecule has 1 N–H and O–H groups in total. The van der Waals surface area contributed by atoms with Gasteiger partial charge < -0.3 is 9.67 Å². The lowest BCUT2D eigenvalue weighted by Crippen LogP contribution is -2.29. The first-order valence-corrected chi connectivity index (χ1v) is 7.56. The van der Waals surface area contributed by atoms with Crippen molar-refractivity contribution in [3.8, 4) is 0 Å². The van der Waals surface area contributed by atoms with Crippen molar-refractivity contribution in [1.29, 1.82) is 0 Å². The second-order valence-corrected chi connectivity index (χ2v) is 5.37. The van der Waals surface area contributed by atoms with Crippen LogP contribution >= 0.6 is 12.2 Å². The van der Waals surface area contributed by atoms with Crippen molar-refractivity contribution in [2.75, 3.05) is 13.1 Å². The van der Waals surface area contributed by atoms with Gasteiger partial charge in [0.1, 0.15) is 6.61 Å². The molecule has 0 unspecified atom stereocenters. The molecule has 0 fully saturated rings. The fourth-order valence-electron chi connectivity index (χ4n) is 2.21. The first-order valence-electron chi connectivity index (χ1n) is 7.15. The van der Waals surface area contributed by atoms with Crippen molar-refractivity contribution in [2.24, 2.45) is 7.05 Å². The van der Waals surface area contributed by atoms with Gasteiger partial charge in [0, 0.05) is 13.6 Å². The Morgan fingerprint density at radius 3 is 2.57 bits per heavy atom. The van der Waals surface area contributed by atoms with Gasteiger partial charge in [0.05, 0.1) is 6.67 Å². The summed E-state index contributed by atoms with van der Waals surface area (Å²) in [6.07, 6.45) is 1.00. The Labute approximate surface area is 130 Å². The molecular weight excluding hydrogens is 284 g/mol. The number of aliphatic hydroxyl groups is 1. The molecule has 0 saturated carbocycles. The average Bonchev–Trinajstić information content (AvgIpc) is 2.80. The van der Waals surface area contributed by atoms with Crippen LogP contribution in [0.1, 0.15) is 18.3 Å². The van der Waals surface area contributed by atoms with E-state index in [-0.39, 0.29) is 6.61 Å². The summed E-state index contributed by atoms with van der Waals surface area (Å²) in [7, 11) is 1.83. The summed E-state index contributed by atoms with van der Waals surface area (Å²) >= 11 is 5.35. The molecule has 114 valence electrons. The minimum absolute atomic E-state index is 0.0940. The maximum atomic E-state index is 9.24. The largest absolute Gasteiger partial charge is 0.388 e. The summed E-state index contributed by atoms with van der Waals surface area (Å²) in [6, 6.07) is 10.4. The number of aliphatic hydroxyl groups excluding tert-OH is 1. The predicted molar refractivity (Wildman–Crippen MR) is 85.3 cm³/mol. The maximum Gasteiger partial charge on any atom is 0.198 e. The highest BCUT2D eigenvalue weighted by atomic mass is 32.1. The topological polar surface area (TPSA) is 46.2 Å². The number of hydrogen-bond donors (Lipinski definition) is 1. The van der Waals surface area contributed by atoms with Crippen LogP contribution in [0.15, 0.2) is 30.3 Å². The molecule has 5 nitrogen and oxygen atoms in total. The number of likely N-dealkylation sites (N-methyl/N-ethyl adjacent to an activating group) is 1. The zero-order valence-electron chi connectivity index (χ0n) is 12.6. The molecule has 6 heteroatoms. The molecule has 0 aliphatic carbocycles. The highest BCUT2D eigenvalue weighted by Crippen LogP contribution is 2.04. The van der Waals surface area contributed by atoms with E-state index in [1.54, 1.807) is 9.25 Å². The normalized spacial score (nSPS) is 11.2. The van der Waals surface area contributed by atoms with E-state index in [4.69, 9.17) is 12.2 Å². The molecule has 21 heavy (non-hydrogen) atoms. The standard InChI is InChI=1S/C15H22N4OS/c1-3-18(10-9-13-7-5-4-6-8-13)12-19-15(21)17(2)14(11-20)16-19/h4-8,20H,3,9-12H2,1-2H3. The number of nitrogens with zero attached hydrogens (tertiary/aromatic N) is 4. The van der Waals surface area contributed by atoms with Crippen molar-refractivity contribution in [1.82, 2.24) is 19.2 Å². The van der Waals surface area contributed by atoms with E-state index in [2.05, 4.69) is 41.2 Å². The lowest BCUT2D eigenvalue weighted by Gasteiger charge is -2.20. The van der Waals surface area contributed by atoms with E-state index >= 15 is 0 Å². The molecule has 2 rings (SSSR count). The Morgan fingerprint density at radius 2 is 2.00 bits per heavy atom. The molecule has 0 atom stereocenters. The van der Waals surface area contributed by atoms with Crippen LogP contribution in [0.5, 0.6) is 0 Å². The van der Waals surface area contributed by atoms with Gasteiger partial charge in [-0.1, -0.05) is 37.3 Å². The van der Waals surface area contributed by atoms with Gasteiger partial charge in [0.2, 0.25) is 0 Å². The summed E-state index contributed by atoms with van der Waals surface area (Å²) in [5, 5.41) is 13.6. The van der Waals surface area contributed by atoms with Crippen LogP contribution in [0.3, 0.4) is 0 Å². The predicted octanol–water partition coefficient (Wildman–Crippen LogP) is 1.97. The SMILES string of the molecule is CCN(CCc1ccccc1)Cn1nc(CO)n(C)c1=S. The van der Waals surface area contributed by atoms with E-state index in [0.717, 1.165) is 19.5 Å². The minimum atomic E-state index is -0.0940. The third-order valence-corrected chi connectivity index (χ3v) is 4.10. The Kier molecular flexibility index (Phi) is 5.67. The molecular formula is C15H22N4OS. The molecule has 0 bridgehead atoms. The van der Waals surface area contributed by atoms with Crippen LogP contribution in [0.4, 0.5) is 0 Å². The zero-order chi connectivity index (χ0) is 15.2. The minimum Gasteiger partial charge on any atom is -0.388 e. The van der Waals surface area contributed by atoms with Crippen LogP contribution in [-0.4, -0.2) is 37.4 Å². The van der Waals surface area contributed by atoms with Crippen LogP contribution in [-0.2, 0) is 26.7 Å². The van der Waals surface area contributed by atoms with E-state index in [0.29, 0.717) is 17.3 Å². The van der Waals surface area contributed by atoms with Crippen LogP contribution in [0, 0.1) is 4.77 Å². The average molecular weight is 306 g/mol. The molecule has 0 saturated heterocycles. The number of hydrogen-bond acceptors (Lipinski definition) is 4. The van der Waals surface area contributed by atoms with Gasteiger partial charge in [-0.3, -0.25) is 4.90 Å². The molecule has 0 aliphatic heterocycles. The monoisotopic (exact) mass is 306 g/mol. The summed E-state index contributed by atoms with van der Waals surface area (Å²) in [5.41, 5.74) is 1.33. The number of benzene rings is 1. The van der Waals surface area contributed by atoms with Crippen molar-refractivity contribution in [3.63, 3.8) is 0 Å². The van der Waals surface area contributed by atoms with Crippen molar-refractivity contribution in [2.45, 2.75) is 26.6 Å². The van der Waals surface area contributed by atoms with Crippen molar-refractivity contribution >= 4 is 12.2 Å². The summed E-state index contributed by atoms with van der Waals surface area (Å²) in [6.45, 7) is 4.57. The Hall–Kier alpha value is -1.50. The van der Waals surface area contributed by atoms with Gasteiger partial charge in [-0.05, 0) is 30.7 Å². The van der Waals surface area contributed by atoms with Crippen molar-refractivity contribution < 1.29 is 5.11 Å². The van der Waals surface area contributed by atoms with Crippen molar-refractivity contribution in [3.05, 3.63) is 46.5 Å². The maximum absolute atomic E-state index is 9.24. The summed E-state index contributed by atoms with van der Waals surface area (Å²) in [5.74, 6) is 0.596. The third-order valence-electron chi connectivity index (χ3n) is 3.61. The Morgan fingerprint density at radius 1 is 1.29 bits per heavy atom. The Bertz CT molecular complexity index is 620. The smallest absolute Gasteiger partial charge is 0.198 e. The fourth-order valence-corrected chi connectivity index (χ4v) is 2.42. The van der Waals surface area contributed by atoms with E-state index in [1.165, 1.54) is 5.56 Å². The van der Waals surface area contributed by atoms with Gasteiger partial charge in [0.15, 0.2) is 10.6 Å². The first kappa shape index (κ1) is 15.9. The van der Waals surface area contributed by atoms with E-state index < -0.39 is 0 Å². The molecule has 0 amide bonds. The molecule has 1 aromatic carbocycles. The quantitative estimate of drug-likeness (QED) is 0.795. The number of rotatable bonds is 7. The van der Waals surface area contributed by atoms with Gasteiger partial charge in [-0.25, -0.2) is 4.68 Å².